The molecule has 0 saturated carbocycles. The van der Waals surface area contributed by atoms with Gasteiger partial charge in [0, 0.05) is 22.7 Å². The number of carbonyl (C=O) groups is 2. The summed E-state index contributed by atoms with van der Waals surface area (Å²) in [5.41, 5.74) is 0. The quantitative estimate of drug-likeness (QED) is 0.229. The van der Waals surface area contributed by atoms with Gasteiger partial charge in [0.1, 0.15) is 16.8 Å². The van der Waals surface area contributed by atoms with Crippen LogP contribution >= 0.6 is 22.9 Å². The van der Waals surface area contributed by atoms with E-state index in [-0.39, 0.29) is 41.3 Å². The van der Waals surface area contributed by atoms with Gasteiger partial charge in [0.05, 0.1) is 17.5 Å². The van der Waals surface area contributed by atoms with E-state index in [1.807, 2.05) is 30.3 Å². The maximum atomic E-state index is 13.2. The summed E-state index contributed by atoms with van der Waals surface area (Å²) >= 11 is 7.33. The zero-order chi connectivity index (χ0) is 27.9. The van der Waals surface area contributed by atoms with Gasteiger partial charge in [-0.3, -0.25) is 9.59 Å². The van der Waals surface area contributed by atoms with E-state index in [2.05, 4.69) is 15.4 Å². The third-order valence-electron chi connectivity index (χ3n) is 5.81. The SMILES string of the molecule is CC(C)[C@@H](O)[C@H](NC(=O)Cc1cc2ccccc2s1)C(=O)NCCCCNS(=O)(=O)c1ccc(F)cc1Cl. The number of thiophene rings is 1. The Morgan fingerprint density at radius 2 is 1.79 bits per heavy atom. The van der Waals surface area contributed by atoms with Crippen molar-refractivity contribution in [2.24, 2.45) is 5.92 Å². The fourth-order valence-corrected chi connectivity index (χ4v) is 6.41. The first-order valence-corrected chi connectivity index (χ1v) is 14.8. The van der Waals surface area contributed by atoms with Crippen LogP contribution in [0.1, 0.15) is 31.6 Å². The molecule has 1 aromatic heterocycles. The van der Waals surface area contributed by atoms with Crippen LogP contribution in [0.2, 0.25) is 5.02 Å². The van der Waals surface area contributed by atoms with E-state index < -0.39 is 33.9 Å². The van der Waals surface area contributed by atoms with Gasteiger partial charge >= 0.3 is 0 Å². The summed E-state index contributed by atoms with van der Waals surface area (Å²) in [4.78, 5) is 26.2. The number of nitrogens with one attached hydrogen (secondary N) is 3. The molecule has 0 aliphatic rings. The third kappa shape index (κ3) is 8.21. The molecule has 0 radical (unpaired) electrons. The van der Waals surface area contributed by atoms with Gasteiger partial charge in [-0.05, 0) is 54.5 Å². The zero-order valence-electron chi connectivity index (χ0n) is 21.0. The molecule has 0 unspecified atom stereocenters. The summed E-state index contributed by atoms with van der Waals surface area (Å²) in [6.07, 6.45) is -0.167. The molecular weight excluding hydrogens is 553 g/mol. The van der Waals surface area contributed by atoms with Crippen LogP contribution in [0.4, 0.5) is 4.39 Å². The van der Waals surface area contributed by atoms with Crippen molar-refractivity contribution in [3.8, 4) is 0 Å². The Kier molecular flexibility index (Phi) is 10.6. The smallest absolute Gasteiger partial charge is 0.245 e. The number of aliphatic hydroxyl groups excluding tert-OH is 1. The van der Waals surface area contributed by atoms with Gasteiger partial charge in [-0.2, -0.15) is 0 Å². The zero-order valence-corrected chi connectivity index (χ0v) is 23.4. The molecule has 2 aromatic carbocycles. The molecule has 0 saturated heterocycles. The van der Waals surface area contributed by atoms with E-state index >= 15 is 0 Å². The van der Waals surface area contributed by atoms with E-state index in [1.54, 1.807) is 13.8 Å². The Balaban J connectivity index is 1.48. The lowest BCUT2D eigenvalue weighted by Crippen LogP contribution is -2.55. The molecule has 8 nitrogen and oxygen atoms in total. The van der Waals surface area contributed by atoms with Crippen molar-refractivity contribution >= 4 is 54.9 Å². The minimum absolute atomic E-state index is 0.0792. The molecule has 3 aromatic rings. The second kappa shape index (κ2) is 13.5. The van der Waals surface area contributed by atoms with Crippen molar-refractivity contribution in [2.75, 3.05) is 13.1 Å². The molecule has 3 rings (SSSR count). The average molecular weight is 584 g/mol. The monoisotopic (exact) mass is 583 g/mol. The van der Waals surface area contributed by atoms with Gasteiger partial charge in [-0.1, -0.05) is 43.6 Å². The van der Waals surface area contributed by atoms with E-state index in [9.17, 15) is 27.5 Å². The maximum Gasteiger partial charge on any atom is 0.245 e. The largest absolute Gasteiger partial charge is 0.390 e. The number of fused-ring (bicyclic) bond motifs is 1. The molecule has 4 N–H and O–H groups in total. The lowest BCUT2D eigenvalue weighted by molar-refractivity contribution is -0.132. The van der Waals surface area contributed by atoms with Crippen LogP contribution in [-0.2, 0) is 26.0 Å². The number of aliphatic hydroxyl groups is 1. The fourth-order valence-electron chi connectivity index (χ4n) is 3.75. The van der Waals surface area contributed by atoms with Crippen LogP contribution in [0.15, 0.2) is 53.4 Å². The van der Waals surface area contributed by atoms with Gasteiger partial charge in [0.15, 0.2) is 0 Å². The summed E-state index contributed by atoms with van der Waals surface area (Å²) in [5.74, 6) is -1.80. The van der Waals surface area contributed by atoms with Gasteiger partial charge in [0.25, 0.3) is 0 Å². The van der Waals surface area contributed by atoms with E-state index in [0.717, 1.165) is 33.2 Å². The van der Waals surface area contributed by atoms with Gasteiger partial charge in [0.2, 0.25) is 21.8 Å². The first-order chi connectivity index (χ1) is 18.0. The van der Waals surface area contributed by atoms with Gasteiger partial charge in [-0.15, -0.1) is 11.3 Å². The van der Waals surface area contributed by atoms with Crippen LogP contribution in [0.25, 0.3) is 10.1 Å². The van der Waals surface area contributed by atoms with Crippen LogP contribution in [-0.4, -0.2) is 50.6 Å². The highest BCUT2D eigenvalue weighted by Gasteiger charge is 2.30. The number of sulfonamides is 1. The van der Waals surface area contributed by atoms with Crippen molar-refractivity contribution < 1.29 is 27.5 Å². The predicted octanol–water partition coefficient (Wildman–Crippen LogP) is 3.61. The average Bonchev–Trinajstić information content (AvgIpc) is 3.25. The standard InChI is InChI=1S/C26H31ClFN3O5S2/c1-16(2)25(33)24(31-23(32)15-19-13-17-7-3-4-8-21(17)37-19)26(34)29-11-5-6-12-30-38(35,36)22-10-9-18(28)14-20(22)27/h3-4,7-10,13-14,16,24-25,30,33H,5-6,11-12,15H2,1-2H3,(H,29,34)(H,31,32)/t24-,25+/m0/s1. The first-order valence-electron chi connectivity index (χ1n) is 12.1. The van der Waals surface area contributed by atoms with Crippen molar-refractivity contribution in [3.05, 3.63) is 64.2 Å². The highest BCUT2D eigenvalue weighted by Crippen LogP contribution is 2.25. The Labute approximate surface area is 230 Å². The van der Waals surface area contributed by atoms with Crippen LogP contribution in [0, 0.1) is 11.7 Å². The van der Waals surface area contributed by atoms with E-state index in [0.29, 0.717) is 12.8 Å². The summed E-state index contributed by atoms with van der Waals surface area (Å²) in [7, 11) is -3.91. The Hall–Kier alpha value is -2.57. The Bertz CT molecular complexity index is 1350. The molecule has 0 bridgehead atoms. The first kappa shape index (κ1) is 30.0. The third-order valence-corrected chi connectivity index (χ3v) is 8.87. The van der Waals surface area contributed by atoms with Gasteiger partial charge in [-0.25, -0.2) is 17.5 Å². The molecule has 0 aliphatic carbocycles. The summed E-state index contributed by atoms with van der Waals surface area (Å²) in [6.45, 7) is 3.80. The number of halogens is 2. The molecular formula is C26H31ClFN3O5S2. The Morgan fingerprint density at radius 1 is 1.08 bits per heavy atom. The maximum absolute atomic E-state index is 13.2. The van der Waals surface area contributed by atoms with Crippen LogP contribution < -0.4 is 15.4 Å². The highest BCUT2D eigenvalue weighted by atomic mass is 35.5. The minimum Gasteiger partial charge on any atom is -0.390 e. The van der Waals surface area contributed by atoms with E-state index in [4.69, 9.17) is 11.6 Å². The number of benzene rings is 2. The Morgan fingerprint density at radius 3 is 2.47 bits per heavy atom. The molecule has 12 heteroatoms. The molecule has 38 heavy (non-hydrogen) atoms. The second-order valence-electron chi connectivity index (χ2n) is 9.18. The molecule has 0 fully saturated rings. The van der Waals surface area contributed by atoms with Crippen LogP contribution in [0.3, 0.4) is 0 Å². The fraction of sp³-hybridized carbons (Fsp3) is 0.385. The lowest BCUT2D eigenvalue weighted by Gasteiger charge is -2.26. The van der Waals surface area contributed by atoms with Crippen LogP contribution in [0.5, 0.6) is 0 Å². The molecule has 1 heterocycles. The normalized spacial score (nSPS) is 13.4. The number of carbonyl (C=O) groups excluding carboxylic acids is 2. The molecule has 2 atom stereocenters. The molecule has 2 amide bonds. The number of rotatable bonds is 13. The summed E-state index contributed by atoms with van der Waals surface area (Å²) < 4.78 is 41.4. The molecule has 0 aliphatic heterocycles. The summed E-state index contributed by atoms with van der Waals surface area (Å²) in [5, 5.41) is 16.8. The molecule has 206 valence electrons. The lowest BCUT2D eigenvalue weighted by atomic mass is 9.98. The summed E-state index contributed by atoms with van der Waals surface area (Å²) in [6, 6.07) is 11.6. The van der Waals surface area contributed by atoms with Crippen molar-refractivity contribution in [2.45, 2.75) is 50.2 Å². The number of hydrogen-bond donors (Lipinski definition) is 4. The predicted molar refractivity (Wildman–Crippen MR) is 147 cm³/mol. The number of amides is 2. The topological polar surface area (TPSA) is 125 Å². The number of unbranched alkanes of at least 4 members (excludes halogenated alkanes) is 1. The highest BCUT2D eigenvalue weighted by molar-refractivity contribution is 7.89. The van der Waals surface area contributed by atoms with Gasteiger partial charge < -0.3 is 15.7 Å². The number of hydrogen-bond acceptors (Lipinski definition) is 6. The molecule has 0 spiro atoms. The second-order valence-corrected chi connectivity index (χ2v) is 12.5. The minimum atomic E-state index is -3.91. The van der Waals surface area contributed by atoms with E-state index in [1.165, 1.54) is 11.3 Å². The van der Waals surface area contributed by atoms with Crippen molar-refractivity contribution in [1.29, 1.82) is 0 Å². The van der Waals surface area contributed by atoms with Crippen molar-refractivity contribution in [1.82, 2.24) is 15.4 Å². The van der Waals surface area contributed by atoms with Crippen molar-refractivity contribution in [3.63, 3.8) is 0 Å².